The fourth-order valence-electron chi connectivity index (χ4n) is 4.03. The number of aliphatic hydroxyl groups is 1. The molecule has 1 amide bonds. The molecule has 0 aromatic heterocycles. The highest BCUT2D eigenvalue weighted by Crippen LogP contribution is 2.26. The number of aliphatic hydroxyl groups excluding tert-OH is 1. The average Bonchev–Trinajstić information content (AvgIpc) is 2.80. The zero-order valence-corrected chi connectivity index (χ0v) is 20.1. The van der Waals surface area contributed by atoms with E-state index in [-0.39, 0.29) is 29.7 Å². The van der Waals surface area contributed by atoms with Crippen LogP contribution < -0.4 is 5.32 Å². The van der Waals surface area contributed by atoms with Gasteiger partial charge in [-0.05, 0) is 81.1 Å². The Labute approximate surface area is 200 Å². The van der Waals surface area contributed by atoms with E-state index in [1.165, 1.54) is 24.3 Å². The summed E-state index contributed by atoms with van der Waals surface area (Å²) in [5.74, 6) is -0.311. The second kappa shape index (κ2) is 11.6. The van der Waals surface area contributed by atoms with Crippen LogP contribution in [-0.4, -0.2) is 54.0 Å². The van der Waals surface area contributed by atoms with Crippen molar-refractivity contribution in [2.45, 2.75) is 51.2 Å². The van der Waals surface area contributed by atoms with Crippen molar-refractivity contribution in [1.29, 1.82) is 0 Å². The Morgan fingerprint density at radius 1 is 1.06 bits per heavy atom. The predicted molar refractivity (Wildman–Crippen MR) is 129 cm³/mol. The zero-order chi connectivity index (χ0) is 24.7. The summed E-state index contributed by atoms with van der Waals surface area (Å²) < 4.78 is 30.9. The van der Waals surface area contributed by atoms with Gasteiger partial charge >= 0.3 is 6.09 Å². The van der Waals surface area contributed by atoms with Crippen LogP contribution in [0.5, 0.6) is 0 Å². The summed E-state index contributed by atoms with van der Waals surface area (Å²) in [6, 6.07) is 12.9. The topological polar surface area (TPSA) is 61.8 Å². The molecule has 5 nitrogen and oxygen atoms in total. The molecular weight excluding hydrogens is 438 g/mol. The number of ether oxygens (including phenoxy) is 1. The van der Waals surface area contributed by atoms with Crippen LogP contribution in [0, 0.1) is 11.6 Å². The number of nitrogens with zero attached hydrogens (tertiary/aromatic N) is 1. The van der Waals surface area contributed by atoms with Gasteiger partial charge in [0.15, 0.2) is 0 Å². The van der Waals surface area contributed by atoms with Crippen molar-refractivity contribution in [3.05, 3.63) is 77.4 Å². The van der Waals surface area contributed by atoms with Gasteiger partial charge in [0, 0.05) is 25.6 Å². The van der Waals surface area contributed by atoms with Crippen LogP contribution in [0.4, 0.5) is 13.6 Å². The Morgan fingerprint density at radius 3 is 2.21 bits per heavy atom. The second-order valence-corrected chi connectivity index (χ2v) is 9.63. The summed E-state index contributed by atoms with van der Waals surface area (Å²) in [5.41, 5.74) is 2.71. The van der Waals surface area contributed by atoms with Gasteiger partial charge in [-0.3, -0.25) is 0 Å². The van der Waals surface area contributed by atoms with Gasteiger partial charge in [0.25, 0.3) is 0 Å². The van der Waals surface area contributed by atoms with Crippen LogP contribution in [-0.2, 0) is 4.74 Å². The molecule has 2 aliphatic rings. The maximum Gasteiger partial charge on any atom is 0.410 e. The smallest absolute Gasteiger partial charge is 0.410 e. The number of β-amino-alcohol motifs (C(OH)–C–C–N with tert-alkyl or cyclic N) is 1. The van der Waals surface area contributed by atoms with E-state index in [1.54, 1.807) is 29.2 Å². The van der Waals surface area contributed by atoms with E-state index in [4.69, 9.17) is 4.74 Å². The Kier molecular flexibility index (Phi) is 8.80. The van der Waals surface area contributed by atoms with E-state index in [2.05, 4.69) is 5.32 Å². The first-order valence-corrected chi connectivity index (χ1v) is 11.7. The fraction of sp³-hybridized carbons (Fsp3) is 0.444. The van der Waals surface area contributed by atoms with Gasteiger partial charge in [-0.25, -0.2) is 13.6 Å². The minimum atomic E-state index is -0.474. The highest BCUT2D eigenvalue weighted by Gasteiger charge is 2.25. The summed E-state index contributed by atoms with van der Waals surface area (Å²) >= 11 is 0. The molecule has 1 saturated heterocycles. The maximum absolute atomic E-state index is 12.9. The van der Waals surface area contributed by atoms with Gasteiger partial charge < -0.3 is 20.1 Å². The average molecular weight is 473 g/mol. The summed E-state index contributed by atoms with van der Waals surface area (Å²) in [4.78, 5) is 13.6. The quantitative estimate of drug-likeness (QED) is 0.638. The number of rotatable bonds is 2. The number of carbonyl (C=O) groups is 1. The third-order valence-corrected chi connectivity index (χ3v) is 5.82. The molecule has 4 rings (SSSR count). The number of carbonyl (C=O) groups excluding carboxylic acids is 1. The summed E-state index contributed by atoms with van der Waals surface area (Å²) in [6.07, 6.45) is 3.03. The number of halogens is 2. The molecule has 2 aliphatic heterocycles. The normalized spacial score (nSPS) is 20.6. The molecule has 2 heterocycles. The number of hydrogen-bond donors (Lipinski definition) is 2. The number of benzene rings is 2. The highest BCUT2D eigenvalue weighted by atomic mass is 19.1. The molecule has 0 spiro atoms. The lowest BCUT2D eigenvalue weighted by Gasteiger charge is -2.29. The van der Waals surface area contributed by atoms with Crippen molar-refractivity contribution in [2.75, 3.05) is 26.2 Å². The molecule has 0 saturated carbocycles. The maximum atomic E-state index is 12.9. The van der Waals surface area contributed by atoms with Crippen molar-refractivity contribution in [1.82, 2.24) is 10.2 Å². The number of hydrogen-bond acceptors (Lipinski definition) is 4. The fourth-order valence-corrected chi connectivity index (χ4v) is 4.03. The minimum Gasteiger partial charge on any atom is -0.444 e. The van der Waals surface area contributed by atoms with Crippen molar-refractivity contribution < 1.29 is 23.4 Å². The van der Waals surface area contributed by atoms with Gasteiger partial charge in [-0.15, -0.1) is 0 Å². The Hall–Kier alpha value is -2.77. The Balaban J connectivity index is 0.000000202. The van der Waals surface area contributed by atoms with Crippen LogP contribution in [0.3, 0.4) is 0 Å². The number of amides is 1. The largest absolute Gasteiger partial charge is 0.444 e. The van der Waals surface area contributed by atoms with E-state index in [1.807, 2.05) is 26.8 Å². The highest BCUT2D eigenvalue weighted by molar-refractivity contribution is 5.72. The Bertz CT molecular complexity index is 969. The third-order valence-electron chi connectivity index (χ3n) is 5.82. The molecule has 7 heteroatoms. The number of nitrogens with one attached hydrogen (secondary N) is 1. The first-order chi connectivity index (χ1) is 16.1. The van der Waals surface area contributed by atoms with Crippen LogP contribution in [0.25, 0.3) is 5.57 Å². The molecule has 184 valence electrons. The molecule has 2 aromatic carbocycles. The minimum absolute atomic E-state index is 0.150. The molecule has 2 unspecified atom stereocenters. The van der Waals surface area contributed by atoms with Gasteiger partial charge in [0.05, 0.1) is 6.10 Å². The first-order valence-electron chi connectivity index (χ1n) is 11.7. The first kappa shape index (κ1) is 25.8. The monoisotopic (exact) mass is 472 g/mol. The molecule has 2 N–H and O–H groups in total. The predicted octanol–water partition coefficient (Wildman–Crippen LogP) is 5.11. The zero-order valence-electron chi connectivity index (χ0n) is 20.1. The van der Waals surface area contributed by atoms with Gasteiger partial charge in [-0.2, -0.15) is 0 Å². The van der Waals surface area contributed by atoms with Crippen LogP contribution in [0.1, 0.15) is 50.7 Å². The summed E-state index contributed by atoms with van der Waals surface area (Å²) in [6.45, 7) is 8.26. The summed E-state index contributed by atoms with van der Waals surface area (Å²) in [7, 11) is 0. The lowest BCUT2D eigenvalue weighted by atomic mass is 9.88. The lowest BCUT2D eigenvalue weighted by molar-refractivity contribution is 0.0270. The van der Waals surface area contributed by atoms with Gasteiger partial charge in [0.2, 0.25) is 0 Å². The van der Waals surface area contributed by atoms with E-state index in [9.17, 15) is 18.7 Å². The molecule has 2 atom stereocenters. The van der Waals surface area contributed by atoms with Crippen LogP contribution in [0.15, 0.2) is 54.6 Å². The molecular formula is C27H34F2N2O3. The number of piperidine rings is 1. The Morgan fingerprint density at radius 2 is 1.68 bits per heavy atom. The standard InChI is InChI=1S/C16H20FNO2.C11H14FNO/c1-16(2,3)20-15(19)18-10-8-13(9-11-18)12-4-6-14(17)7-5-12;12-9-3-1-8(2-4-9)10-5-6-13-7-11(10)14/h4-8H,9-11H2,1-3H3;1-4,10-11,13-14H,5-7H2. The van der Waals surface area contributed by atoms with Crippen molar-refractivity contribution >= 4 is 11.7 Å². The van der Waals surface area contributed by atoms with Crippen molar-refractivity contribution in [2.24, 2.45) is 0 Å². The van der Waals surface area contributed by atoms with Crippen molar-refractivity contribution in [3.63, 3.8) is 0 Å². The van der Waals surface area contributed by atoms with Crippen LogP contribution in [0.2, 0.25) is 0 Å². The SMILES string of the molecule is CC(C)(C)OC(=O)N1CC=C(c2ccc(F)cc2)CC1.OC1CNCCC1c1ccc(F)cc1. The molecule has 34 heavy (non-hydrogen) atoms. The second-order valence-electron chi connectivity index (χ2n) is 9.63. The van der Waals surface area contributed by atoms with Crippen molar-refractivity contribution in [3.8, 4) is 0 Å². The lowest BCUT2D eigenvalue weighted by Crippen LogP contribution is -2.39. The third kappa shape index (κ3) is 7.64. The molecule has 0 radical (unpaired) electrons. The molecule has 2 aromatic rings. The molecule has 0 aliphatic carbocycles. The summed E-state index contributed by atoms with van der Waals surface area (Å²) in [5, 5.41) is 12.9. The van der Waals surface area contributed by atoms with Gasteiger partial charge in [-0.1, -0.05) is 30.3 Å². The van der Waals surface area contributed by atoms with E-state index < -0.39 is 5.60 Å². The van der Waals surface area contributed by atoms with E-state index >= 15 is 0 Å². The molecule has 0 bridgehead atoms. The van der Waals surface area contributed by atoms with E-state index in [0.29, 0.717) is 19.6 Å². The van der Waals surface area contributed by atoms with Crippen LogP contribution >= 0.6 is 0 Å². The van der Waals surface area contributed by atoms with Gasteiger partial charge in [0.1, 0.15) is 17.2 Å². The molecule has 1 fully saturated rings. The van der Waals surface area contributed by atoms with E-state index in [0.717, 1.165) is 36.1 Å².